The van der Waals surface area contributed by atoms with Gasteiger partial charge < -0.3 is 9.68 Å². The van der Waals surface area contributed by atoms with E-state index in [1.165, 1.54) is 12.3 Å². The van der Waals surface area contributed by atoms with Gasteiger partial charge in [0.25, 0.3) is 5.91 Å². The van der Waals surface area contributed by atoms with E-state index in [9.17, 15) is 4.79 Å². The number of nitrogens with one attached hydrogen (secondary N) is 1. The molecule has 0 saturated heterocycles. The van der Waals surface area contributed by atoms with Crippen LogP contribution in [0.4, 0.5) is 0 Å². The average molecular weight is 202 g/mol. The number of hydrogen-bond acceptors (Lipinski definition) is 4. The zero-order chi connectivity index (χ0) is 10.3. The molecule has 0 radical (unpaired) electrons. The van der Waals surface area contributed by atoms with Crippen LogP contribution in [0.25, 0.3) is 12.2 Å². The van der Waals surface area contributed by atoms with E-state index in [1.807, 2.05) is 0 Å². The van der Waals surface area contributed by atoms with Gasteiger partial charge in [0.15, 0.2) is 5.75 Å². The minimum absolute atomic E-state index is 0.268. The van der Waals surface area contributed by atoms with Gasteiger partial charge in [-0.3, -0.25) is 4.79 Å². The maximum atomic E-state index is 11.0. The number of carbonyl (C=O) groups is 1. The molecule has 0 aromatic heterocycles. The number of amides is 1. The summed E-state index contributed by atoms with van der Waals surface area (Å²) in [5.74, 6) is 0.325. The molecule has 1 aromatic carbocycles. The summed E-state index contributed by atoms with van der Waals surface area (Å²) in [4.78, 5) is 21.0. The molecule has 0 aliphatic carbocycles. The molecular weight excluding hydrogens is 196 g/mol. The van der Waals surface area contributed by atoms with Crippen molar-refractivity contribution in [1.29, 1.82) is 0 Å². The molecule has 2 heterocycles. The summed E-state index contributed by atoms with van der Waals surface area (Å²) >= 11 is 0. The summed E-state index contributed by atoms with van der Waals surface area (Å²) in [6.45, 7) is 0. The van der Waals surface area contributed by atoms with E-state index in [0.717, 1.165) is 10.8 Å². The Morgan fingerprint density at radius 2 is 2.27 bits per heavy atom. The molecule has 5 nitrogen and oxygen atoms in total. The maximum absolute atomic E-state index is 11.0. The standard InChI is InChI=1S/C10H6N2O3/c13-9-5-6-1-2-8-7(3-4-14-11-8)10(6)15-12-9/h1-5H,(H,12,13). The number of rotatable bonds is 0. The molecule has 74 valence electrons. The van der Waals surface area contributed by atoms with Crippen LogP contribution in [-0.2, 0) is 9.63 Å². The molecule has 1 N–H and O–H groups in total. The Bertz CT molecular complexity index is 589. The van der Waals surface area contributed by atoms with Crippen LogP contribution in [0, 0.1) is 0 Å². The zero-order valence-electron chi connectivity index (χ0n) is 7.56. The Morgan fingerprint density at radius 3 is 3.20 bits per heavy atom. The quantitative estimate of drug-likeness (QED) is 0.612. The highest BCUT2D eigenvalue weighted by atomic mass is 16.7. The lowest BCUT2D eigenvalue weighted by atomic mass is 10.1. The smallest absolute Gasteiger partial charge is 0.277 e. The predicted octanol–water partition coefficient (Wildman–Crippen LogP) is -0.574. The Hall–Kier alpha value is -2.30. The van der Waals surface area contributed by atoms with Crippen molar-refractivity contribution in [3.8, 4) is 5.75 Å². The van der Waals surface area contributed by atoms with Crippen LogP contribution in [0.1, 0.15) is 5.56 Å². The molecule has 3 rings (SSSR count). The number of nitrogens with zero attached hydrogens (tertiary/aromatic N) is 1. The minimum Gasteiger partial charge on any atom is -0.378 e. The van der Waals surface area contributed by atoms with Crippen molar-refractivity contribution in [3.05, 3.63) is 34.5 Å². The van der Waals surface area contributed by atoms with Crippen LogP contribution in [0.3, 0.4) is 0 Å². The van der Waals surface area contributed by atoms with E-state index in [2.05, 4.69) is 10.6 Å². The molecule has 15 heavy (non-hydrogen) atoms. The fraction of sp³-hybridized carbons (Fsp3) is 0. The Labute approximate surface area is 84.2 Å². The summed E-state index contributed by atoms with van der Waals surface area (Å²) in [5.41, 5.74) is 3.08. The molecule has 1 aromatic rings. The molecule has 5 heteroatoms. The normalized spacial score (nSPS) is 15.9. The summed E-state index contributed by atoms with van der Waals surface area (Å²) in [5, 5.41) is 5.24. The van der Waals surface area contributed by atoms with Crippen molar-refractivity contribution in [2.24, 2.45) is 5.16 Å². The monoisotopic (exact) mass is 202 g/mol. The second kappa shape index (κ2) is 2.84. The van der Waals surface area contributed by atoms with Gasteiger partial charge in [-0.05, 0) is 18.2 Å². The van der Waals surface area contributed by atoms with E-state index < -0.39 is 0 Å². The number of hydrogen-bond donors (Lipinski definition) is 1. The lowest BCUT2D eigenvalue weighted by molar-refractivity contribution is -0.121. The lowest BCUT2D eigenvalue weighted by Gasteiger charge is -2.14. The number of carbonyl (C=O) groups excluding carboxylic acids is 1. The molecular formula is C10H6N2O3. The van der Waals surface area contributed by atoms with E-state index >= 15 is 0 Å². The Kier molecular flexibility index (Phi) is 1.53. The van der Waals surface area contributed by atoms with Crippen LogP contribution in [0.5, 0.6) is 5.75 Å². The molecule has 0 spiro atoms. The third-order valence-electron chi connectivity index (χ3n) is 2.19. The lowest BCUT2D eigenvalue weighted by Crippen LogP contribution is -2.35. The number of fused-ring (bicyclic) bond motifs is 3. The van der Waals surface area contributed by atoms with Gasteiger partial charge >= 0.3 is 0 Å². The second-order valence-corrected chi connectivity index (χ2v) is 3.13. The third kappa shape index (κ3) is 1.17. The largest absolute Gasteiger partial charge is 0.378 e. The summed E-state index contributed by atoms with van der Waals surface area (Å²) in [6, 6.07) is 3.54. The molecule has 0 unspecified atom stereocenters. The van der Waals surface area contributed by atoms with Gasteiger partial charge in [0.05, 0.1) is 5.56 Å². The molecule has 2 aliphatic heterocycles. The molecule has 0 atom stereocenters. The SMILES string of the molecule is O=C1C=c2ccc3c(c2ON1)C=CON=3. The predicted molar refractivity (Wildman–Crippen MR) is 50.6 cm³/mol. The van der Waals surface area contributed by atoms with Crippen molar-refractivity contribution in [3.63, 3.8) is 0 Å². The first-order valence-electron chi connectivity index (χ1n) is 4.36. The fourth-order valence-corrected chi connectivity index (χ4v) is 1.53. The molecule has 0 fully saturated rings. The minimum atomic E-state index is -0.268. The van der Waals surface area contributed by atoms with Crippen molar-refractivity contribution in [2.75, 3.05) is 0 Å². The zero-order valence-corrected chi connectivity index (χ0v) is 7.56. The van der Waals surface area contributed by atoms with Gasteiger partial charge in [0.1, 0.15) is 11.6 Å². The molecule has 2 aliphatic rings. The van der Waals surface area contributed by atoms with Crippen molar-refractivity contribution >= 4 is 18.1 Å². The van der Waals surface area contributed by atoms with Gasteiger partial charge in [-0.15, -0.1) is 0 Å². The first-order valence-corrected chi connectivity index (χ1v) is 4.36. The summed E-state index contributed by atoms with van der Waals surface area (Å²) in [7, 11) is 0. The van der Waals surface area contributed by atoms with E-state index in [1.54, 1.807) is 18.2 Å². The van der Waals surface area contributed by atoms with Crippen LogP contribution in [0.2, 0.25) is 0 Å². The Balaban J connectivity index is 2.38. The third-order valence-corrected chi connectivity index (χ3v) is 2.19. The highest BCUT2D eigenvalue weighted by molar-refractivity contribution is 6.04. The van der Waals surface area contributed by atoms with Crippen LogP contribution in [0.15, 0.2) is 23.6 Å². The first kappa shape index (κ1) is 8.05. The highest BCUT2D eigenvalue weighted by Crippen LogP contribution is 2.13. The van der Waals surface area contributed by atoms with Gasteiger partial charge in [-0.25, -0.2) is 0 Å². The topological polar surface area (TPSA) is 59.9 Å². The van der Waals surface area contributed by atoms with Crippen molar-refractivity contribution in [2.45, 2.75) is 0 Å². The van der Waals surface area contributed by atoms with Gasteiger partial charge in [-0.1, -0.05) is 5.16 Å². The van der Waals surface area contributed by atoms with Crippen LogP contribution >= 0.6 is 0 Å². The first-order chi connectivity index (χ1) is 7.34. The van der Waals surface area contributed by atoms with Crippen molar-refractivity contribution in [1.82, 2.24) is 5.48 Å². The summed E-state index contributed by atoms with van der Waals surface area (Å²) in [6.07, 6.45) is 4.68. The fourth-order valence-electron chi connectivity index (χ4n) is 1.53. The maximum Gasteiger partial charge on any atom is 0.277 e. The van der Waals surface area contributed by atoms with Gasteiger partial charge in [-0.2, -0.15) is 5.48 Å². The van der Waals surface area contributed by atoms with Crippen molar-refractivity contribution < 1.29 is 14.5 Å². The van der Waals surface area contributed by atoms with Gasteiger partial charge in [0.2, 0.25) is 0 Å². The number of hydroxylamine groups is 1. The van der Waals surface area contributed by atoms with E-state index in [-0.39, 0.29) is 5.91 Å². The molecule has 1 amide bonds. The van der Waals surface area contributed by atoms with Crippen LogP contribution in [-0.4, -0.2) is 5.91 Å². The highest BCUT2D eigenvalue weighted by Gasteiger charge is 2.14. The van der Waals surface area contributed by atoms with Gasteiger partial charge in [0, 0.05) is 11.3 Å². The molecule has 0 saturated carbocycles. The molecule has 0 bridgehead atoms. The summed E-state index contributed by atoms with van der Waals surface area (Å²) < 4.78 is 0. The average Bonchev–Trinajstić information content (AvgIpc) is 2.28. The Morgan fingerprint density at radius 1 is 1.33 bits per heavy atom. The van der Waals surface area contributed by atoms with E-state index in [4.69, 9.17) is 9.68 Å². The van der Waals surface area contributed by atoms with Crippen LogP contribution < -0.4 is 20.9 Å². The number of benzene rings is 1. The van der Waals surface area contributed by atoms with E-state index in [0.29, 0.717) is 11.1 Å². The second-order valence-electron chi connectivity index (χ2n) is 3.13.